The van der Waals surface area contributed by atoms with Gasteiger partial charge in [0.15, 0.2) is 0 Å². The third kappa shape index (κ3) is 1.69. The van der Waals surface area contributed by atoms with Crippen LogP contribution in [0.15, 0.2) is 18.2 Å². The summed E-state index contributed by atoms with van der Waals surface area (Å²) in [6.45, 7) is 0. The summed E-state index contributed by atoms with van der Waals surface area (Å²) in [7, 11) is 0. The quantitative estimate of drug-likeness (QED) is 0.560. The van der Waals surface area contributed by atoms with Crippen molar-refractivity contribution in [2.24, 2.45) is 0 Å². The molecule has 0 spiro atoms. The van der Waals surface area contributed by atoms with Gasteiger partial charge in [-0.3, -0.25) is 0 Å². The highest BCUT2D eigenvalue weighted by Gasteiger charge is 2.12. The molecule has 0 bridgehead atoms. The second-order valence-corrected chi connectivity index (χ2v) is 1.97. The van der Waals surface area contributed by atoms with Gasteiger partial charge in [-0.15, -0.1) is 0 Å². The van der Waals surface area contributed by atoms with Gasteiger partial charge in [-0.05, 0) is 12.1 Å². The van der Waals surface area contributed by atoms with Crippen molar-refractivity contribution in [3.63, 3.8) is 0 Å². The van der Waals surface area contributed by atoms with E-state index < -0.39 is 23.6 Å². The molecule has 0 N–H and O–H groups in total. The van der Waals surface area contributed by atoms with Gasteiger partial charge in [0.25, 0.3) is 6.43 Å². The third-order valence-electron chi connectivity index (χ3n) is 1.20. The highest BCUT2D eigenvalue weighted by Crippen LogP contribution is 2.21. The van der Waals surface area contributed by atoms with Gasteiger partial charge in [-0.2, -0.15) is 0 Å². The number of hydrogen-bond acceptors (Lipinski definition) is 0. The van der Waals surface area contributed by atoms with Gasteiger partial charge in [0.1, 0.15) is 11.6 Å². The van der Waals surface area contributed by atoms with Crippen molar-refractivity contribution in [1.29, 1.82) is 0 Å². The Bertz CT molecular complexity index is 257. The van der Waals surface area contributed by atoms with Crippen molar-refractivity contribution in [3.8, 4) is 0 Å². The van der Waals surface area contributed by atoms with Gasteiger partial charge >= 0.3 is 0 Å². The smallest absolute Gasteiger partial charge is 0.207 e. The topological polar surface area (TPSA) is 0 Å². The van der Waals surface area contributed by atoms with Crippen molar-refractivity contribution in [2.75, 3.05) is 0 Å². The summed E-state index contributed by atoms with van der Waals surface area (Å²) in [6.07, 6.45) is -2.89. The molecule has 0 heterocycles. The summed E-state index contributed by atoms with van der Waals surface area (Å²) >= 11 is 0. The molecular formula is C7H4F4. The maximum Gasteiger partial charge on any atom is 0.266 e. The van der Waals surface area contributed by atoms with Crippen LogP contribution in [0.1, 0.15) is 12.0 Å². The van der Waals surface area contributed by atoms with Gasteiger partial charge in [0, 0.05) is 6.07 Å². The molecule has 0 unspecified atom stereocenters. The van der Waals surface area contributed by atoms with E-state index in [4.69, 9.17) is 0 Å². The number of alkyl halides is 2. The molecule has 0 aliphatic carbocycles. The Hall–Kier alpha value is -1.06. The van der Waals surface area contributed by atoms with Crippen LogP contribution in [0.25, 0.3) is 0 Å². The molecule has 4 heteroatoms. The fourth-order valence-corrected chi connectivity index (χ4v) is 0.678. The fraction of sp³-hybridized carbons (Fsp3) is 0.143. The Kier molecular flexibility index (Phi) is 2.12. The lowest BCUT2D eigenvalue weighted by Crippen LogP contribution is -1.90. The molecule has 60 valence electrons. The van der Waals surface area contributed by atoms with Gasteiger partial charge in [-0.1, -0.05) is 0 Å². The van der Waals surface area contributed by atoms with E-state index in [2.05, 4.69) is 0 Å². The van der Waals surface area contributed by atoms with Crippen LogP contribution in [-0.2, 0) is 0 Å². The molecule has 0 saturated carbocycles. The number of halogens is 4. The highest BCUT2D eigenvalue weighted by atomic mass is 19.3. The molecule has 0 nitrogen and oxygen atoms in total. The van der Waals surface area contributed by atoms with E-state index in [1.54, 1.807) is 0 Å². The van der Waals surface area contributed by atoms with E-state index in [9.17, 15) is 17.6 Å². The Morgan fingerprint density at radius 3 is 2.18 bits per heavy atom. The van der Waals surface area contributed by atoms with Crippen molar-refractivity contribution in [1.82, 2.24) is 0 Å². The van der Waals surface area contributed by atoms with Crippen LogP contribution >= 0.6 is 0 Å². The van der Waals surface area contributed by atoms with Gasteiger partial charge < -0.3 is 0 Å². The number of rotatable bonds is 1. The van der Waals surface area contributed by atoms with E-state index in [0.29, 0.717) is 6.07 Å². The summed E-state index contributed by atoms with van der Waals surface area (Å²) < 4.78 is 48.1. The number of benzene rings is 1. The maximum atomic E-state index is 12.4. The summed E-state index contributed by atoms with van der Waals surface area (Å²) in [5, 5.41) is 0. The van der Waals surface area contributed by atoms with E-state index in [1.165, 1.54) is 0 Å². The third-order valence-corrected chi connectivity index (χ3v) is 1.20. The second kappa shape index (κ2) is 2.90. The molecule has 0 aliphatic heterocycles. The first-order chi connectivity index (χ1) is 5.11. The summed E-state index contributed by atoms with van der Waals surface area (Å²) in [5.41, 5.74) is -0.772. The first kappa shape index (κ1) is 8.04. The van der Waals surface area contributed by atoms with Crippen molar-refractivity contribution < 1.29 is 17.6 Å². The molecule has 1 aromatic rings. The molecule has 0 aromatic heterocycles. The van der Waals surface area contributed by atoms with Crippen molar-refractivity contribution in [2.45, 2.75) is 6.43 Å². The monoisotopic (exact) mass is 164 g/mol. The Labute approximate surface area is 60.5 Å². The van der Waals surface area contributed by atoms with Gasteiger partial charge in [0.2, 0.25) is 0 Å². The molecular weight excluding hydrogens is 160 g/mol. The van der Waals surface area contributed by atoms with Crippen LogP contribution in [0.3, 0.4) is 0 Å². The van der Waals surface area contributed by atoms with Crippen molar-refractivity contribution in [3.05, 3.63) is 35.4 Å². The van der Waals surface area contributed by atoms with Crippen LogP contribution in [-0.4, -0.2) is 0 Å². The van der Waals surface area contributed by atoms with Crippen LogP contribution in [0.4, 0.5) is 17.6 Å². The second-order valence-electron chi connectivity index (χ2n) is 1.97. The lowest BCUT2D eigenvalue weighted by atomic mass is 10.2. The van der Waals surface area contributed by atoms with Crippen molar-refractivity contribution >= 4 is 0 Å². The first-order valence-electron chi connectivity index (χ1n) is 2.84. The Balaban J connectivity index is 3.09. The summed E-state index contributed by atoms with van der Waals surface area (Å²) in [5.74, 6) is -2.06. The van der Waals surface area contributed by atoms with Crippen LogP contribution in [0.2, 0.25) is 0 Å². The molecule has 1 rings (SSSR count). The number of hydrogen-bond donors (Lipinski definition) is 0. The Morgan fingerprint density at radius 2 is 1.73 bits per heavy atom. The molecule has 11 heavy (non-hydrogen) atoms. The van der Waals surface area contributed by atoms with Crippen LogP contribution in [0, 0.1) is 11.6 Å². The minimum atomic E-state index is -2.89. The SMILES string of the molecule is Fc1ccc(C(F)F)c(F)c1. The molecule has 0 amide bonds. The summed E-state index contributed by atoms with van der Waals surface area (Å²) in [4.78, 5) is 0. The highest BCUT2D eigenvalue weighted by molar-refractivity contribution is 5.19. The first-order valence-corrected chi connectivity index (χ1v) is 2.84. The fourth-order valence-electron chi connectivity index (χ4n) is 0.678. The molecule has 1 aromatic carbocycles. The largest absolute Gasteiger partial charge is 0.266 e. The minimum Gasteiger partial charge on any atom is -0.207 e. The molecule has 0 radical (unpaired) electrons. The predicted octanol–water partition coefficient (Wildman–Crippen LogP) is 2.90. The zero-order chi connectivity index (χ0) is 8.43. The van der Waals surface area contributed by atoms with E-state index >= 15 is 0 Å². The standard InChI is InChI=1S/C7H4F4/c8-4-1-2-5(7(10)11)6(9)3-4/h1-3,7H. The predicted molar refractivity (Wildman–Crippen MR) is 31.3 cm³/mol. The maximum absolute atomic E-state index is 12.4. The van der Waals surface area contributed by atoms with Crippen LogP contribution in [0.5, 0.6) is 0 Å². The lowest BCUT2D eigenvalue weighted by Gasteiger charge is -1.99. The normalized spacial score (nSPS) is 10.6. The Morgan fingerprint density at radius 1 is 1.09 bits per heavy atom. The lowest BCUT2D eigenvalue weighted by molar-refractivity contribution is 0.146. The average molecular weight is 164 g/mol. The van der Waals surface area contributed by atoms with Crippen LogP contribution < -0.4 is 0 Å². The van der Waals surface area contributed by atoms with Gasteiger partial charge in [-0.25, -0.2) is 17.6 Å². The van der Waals surface area contributed by atoms with Gasteiger partial charge in [0.05, 0.1) is 5.56 Å². The molecule has 0 fully saturated rings. The van der Waals surface area contributed by atoms with E-state index in [1.807, 2.05) is 0 Å². The minimum absolute atomic E-state index is 0.432. The average Bonchev–Trinajstić information content (AvgIpc) is 1.85. The zero-order valence-corrected chi connectivity index (χ0v) is 5.32. The molecule has 0 aliphatic rings. The zero-order valence-electron chi connectivity index (χ0n) is 5.32. The van der Waals surface area contributed by atoms with E-state index in [0.717, 1.165) is 12.1 Å². The summed E-state index contributed by atoms with van der Waals surface area (Å²) in [6, 6.07) is 1.96. The molecule has 0 saturated heterocycles. The van der Waals surface area contributed by atoms with E-state index in [-0.39, 0.29) is 0 Å². The molecule has 0 atom stereocenters.